The highest BCUT2D eigenvalue weighted by atomic mass is 16.4. The summed E-state index contributed by atoms with van der Waals surface area (Å²) in [5.41, 5.74) is -0.193. The van der Waals surface area contributed by atoms with E-state index in [4.69, 9.17) is 0 Å². The molecule has 0 radical (unpaired) electrons. The molecule has 8 atom stereocenters. The molecular formula is C23H39NO5. The summed E-state index contributed by atoms with van der Waals surface area (Å²) < 4.78 is 0. The Hall–Kier alpha value is -0.690. The second-order valence-corrected chi connectivity index (χ2v) is 10.9. The minimum atomic E-state index is -1.08. The van der Waals surface area contributed by atoms with E-state index < -0.39 is 36.3 Å². The van der Waals surface area contributed by atoms with Crippen molar-refractivity contribution in [2.45, 2.75) is 83.8 Å². The Morgan fingerprint density at radius 3 is 2.21 bits per heavy atom. The molecule has 6 heteroatoms. The van der Waals surface area contributed by atoms with E-state index in [1.807, 2.05) is 0 Å². The van der Waals surface area contributed by atoms with Gasteiger partial charge in [-0.2, -0.15) is 0 Å². The number of oxime groups is 1. The normalized spacial score (nSPS) is 50.5. The SMILES string of the molecule is C[C@]12CCCCC1C/C(=N\O)[C@@H]1[C@H]2CC[C@@]2(C)[C@H]1CCC2(C(O)CO)C(O)CO. The minimum absolute atomic E-state index is 0.150. The minimum Gasteiger partial charge on any atom is -0.411 e. The van der Waals surface area contributed by atoms with Crippen molar-refractivity contribution in [3.63, 3.8) is 0 Å². The predicted octanol–water partition coefficient (Wildman–Crippen LogP) is 2.55. The van der Waals surface area contributed by atoms with Gasteiger partial charge in [-0.15, -0.1) is 0 Å². The summed E-state index contributed by atoms with van der Waals surface area (Å²) in [5.74, 6) is 1.36. The van der Waals surface area contributed by atoms with Gasteiger partial charge in [-0.05, 0) is 73.5 Å². The Labute approximate surface area is 174 Å². The lowest BCUT2D eigenvalue weighted by molar-refractivity contribution is -0.185. The van der Waals surface area contributed by atoms with Crippen LogP contribution in [0.4, 0.5) is 0 Å². The second-order valence-electron chi connectivity index (χ2n) is 10.9. The highest BCUT2D eigenvalue weighted by Gasteiger charge is 2.69. The van der Waals surface area contributed by atoms with Gasteiger partial charge in [0.1, 0.15) is 0 Å². The Bertz CT molecular complexity index is 643. The molecule has 166 valence electrons. The fourth-order valence-corrected chi connectivity index (χ4v) is 8.85. The fraction of sp³-hybridized carbons (Fsp3) is 0.957. The maximum atomic E-state index is 10.9. The monoisotopic (exact) mass is 409 g/mol. The number of rotatable bonds is 4. The molecule has 3 unspecified atom stereocenters. The van der Waals surface area contributed by atoms with Gasteiger partial charge in [0.2, 0.25) is 0 Å². The maximum Gasteiger partial charge on any atom is 0.0857 e. The fourth-order valence-electron chi connectivity index (χ4n) is 8.85. The van der Waals surface area contributed by atoms with Gasteiger partial charge in [-0.3, -0.25) is 0 Å². The van der Waals surface area contributed by atoms with Crippen molar-refractivity contribution in [1.82, 2.24) is 0 Å². The third kappa shape index (κ3) is 2.71. The summed E-state index contributed by atoms with van der Waals surface area (Å²) >= 11 is 0. The molecule has 0 spiro atoms. The first-order valence-electron chi connectivity index (χ1n) is 11.6. The summed E-state index contributed by atoms with van der Waals surface area (Å²) in [4.78, 5) is 0. The van der Waals surface area contributed by atoms with Crippen LogP contribution in [0.25, 0.3) is 0 Å². The average molecular weight is 410 g/mol. The van der Waals surface area contributed by atoms with Crippen LogP contribution in [0.5, 0.6) is 0 Å². The predicted molar refractivity (Wildman–Crippen MR) is 110 cm³/mol. The van der Waals surface area contributed by atoms with Crippen molar-refractivity contribution in [3.8, 4) is 0 Å². The van der Waals surface area contributed by atoms with Gasteiger partial charge in [0.15, 0.2) is 0 Å². The molecule has 4 aliphatic rings. The lowest BCUT2D eigenvalue weighted by atomic mass is 9.42. The zero-order valence-corrected chi connectivity index (χ0v) is 17.9. The highest BCUT2D eigenvalue weighted by Crippen LogP contribution is 2.71. The van der Waals surface area contributed by atoms with Gasteiger partial charge >= 0.3 is 0 Å². The van der Waals surface area contributed by atoms with Gasteiger partial charge in [-0.25, -0.2) is 0 Å². The molecule has 0 aromatic rings. The largest absolute Gasteiger partial charge is 0.411 e. The maximum absolute atomic E-state index is 10.9. The van der Waals surface area contributed by atoms with Crippen molar-refractivity contribution in [1.29, 1.82) is 0 Å². The molecule has 0 bridgehead atoms. The van der Waals surface area contributed by atoms with E-state index in [1.165, 1.54) is 25.7 Å². The molecule has 4 rings (SSSR count). The molecule has 0 heterocycles. The van der Waals surface area contributed by atoms with Crippen LogP contribution in [0.15, 0.2) is 5.16 Å². The standard InChI is InChI=1S/C23H39NO5/c1-21-8-4-3-5-14(21)11-17(24-29)20-15(21)6-9-22(2)16(20)7-10-23(22,18(27)12-25)19(28)13-26/h14-16,18-20,25-29H,3-13H2,1-2H3/b24-17+/t14?,15-,16+,18?,19?,20-,21+,22+,23?/m1/s1. The number of hydrogen-bond acceptors (Lipinski definition) is 6. The molecule has 4 saturated carbocycles. The Morgan fingerprint density at radius 2 is 1.59 bits per heavy atom. The van der Waals surface area contributed by atoms with Crippen LogP contribution >= 0.6 is 0 Å². The zero-order chi connectivity index (χ0) is 21.0. The topological polar surface area (TPSA) is 114 Å². The molecule has 4 aliphatic carbocycles. The van der Waals surface area contributed by atoms with Crippen LogP contribution in [0, 0.1) is 39.9 Å². The van der Waals surface area contributed by atoms with Crippen molar-refractivity contribution in [2.75, 3.05) is 13.2 Å². The van der Waals surface area contributed by atoms with Crippen molar-refractivity contribution >= 4 is 5.71 Å². The highest BCUT2D eigenvalue weighted by molar-refractivity contribution is 5.88. The van der Waals surface area contributed by atoms with Crippen molar-refractivity contribution in [2.24, 2.45) is 45.1 Å². The second kappa shape index (κ2) is 7.47. The molecule has 4 fully saturated rings. The van der Waals surface area contributed by atoms with Gasteiger partial charge in [0, 0.05) is 11.3 Å². The average Bonchev–Trinajstić information content (AvgIpc) is 3.05. The molecule has 0 aromatic heterocycles. The molecular weight excluding hydrogens is 370 g/mol. The van der Waals surface area contributed by atoms with E-state index >= 15 is 0 Å². The Morgan fingerprint density at radius 1 is 0.931 bits per heavy atom. The summed E-state index contributed by atoms with van der Waals surface area (Å²) in [5, 5.41) is 55.2. The van der Waals surface area contributed by atoms with Crippen LogP contribution in [0.1, 0.15) is 71.6 Å². The lowest BCUT2D eigenvalue weighted by Gasteiger charge is -2.62. The molecule has 0 amide bonds. The number of hydrogen-bond donors (Lipinski definition) is 5. The van der Waals surface area contributed by atoms with E-state index in [9.17, 15) is 25.6 Å². The van der Waals surface area contributed by atoms with Crippen LogP contribution in [0.2, 0.25) is 0 Å². The molecule has 0 saturated heterocycles. The molecule has 29 heavy (non-hydrogen) atoms. The summed E-state index contributed by atoms with van der Waals surface area (Å²) in [6.45, 7) is 3.73. The number of aliphatic hydroxyl groups is 4. The number of aliphatic hydroxyl groups excluding tert-OH is 4. The van der Waals surface area contributed by atoms with Gasteiger partial charge in [0.25, 0.3) is 0 Å². The van der Waals surface area contributed by atoms with E-state index in [-0.39, 0.29) is 17.3 Å². The molecule has 6 nitrogen and oxygen atoms in total. The summed E-state index contributed by atoms with van der Waals surface area (Å²) in [6, 6.07) is 0. The first kappa shape index (κ1) is 21.5. The third-order valence-corrected chi connectivity index (χ3v) is 10.4. The van der Waals surface area contributed by atoms with Crippen LogP contribution in [-0.2, 0) is 0 Å². The van der Waals surface area contributed by atoms with Crippen molar-refractivity contribution < 1.29 is 25.6 Å². The molecule has 5 N–H and O–H groups in total. The van der Waals surface area contributed by atoms with Crippen molar-refractivity contribution in [3.05, 3.63) is 0 Å². The Balaban J connectivity index is 1.77. The van der Waals surface area contributed by atoms with Crippen LogP contribution < -0.4 is 0 Å². The van der Waals surface area contributed by atoms with E-state index in [0.717, 1.165) is 31.4 Å². The van der Waals surface area contributed by atoms with Crippen LogP contribution in [-0.4, -0.2) is 56.8 Å². The first-order chi connectivity index (χ1) is 13.8. The zero-order valence-electron chi connectivity index (χ0n) is 17.9. The number of fused-ring (bicyclic) bond motifs is 5. The quantitative estimate of drug-likeness (QED) is 0.362. The van der Waals surface area contributed by atoms with Gasteiger partial charge in [0.05, 0.1) is 31.1 Å². The molecule has 0 aromatic carbocycles. The number of nitrogens with zero attached hydrogens (tertiary/aromatic N) is 1. The first-order valence-corrected chi connectivity index (χ1v) is 11.6. The van der Waals surface area contributed by atoms with E-state index in [1.54, 1.807) is 0 Å². The smallest absolute Gasteiger partial charge is 0.0857 e. The van der Waals surface area contributed by atoms with E-state index in [0.29, 0.717) is 18.3 Å². The van der Waals surface area contributed by atoms with Crippen LogP contribution in [0.3, 0.4) is 0 Å². The van der Waals surface area contributed by atoms with Gasteiger partial charge < -0.3 is 25.6 Å². The van der Waals surface area contributed by atoms with Gasteiger partial charge in [-0.1, -0.05) is 31.8 Å². The molecule has 0 aliphatic heterocycles. The Kier molecular flexibility index (Phi) is 5.55. The summed E-state index contributed by atoms with van der Waals surface area (Å²) in [6.07, 6.45) is 6.85. The third-order valence-electron chi connectivity index (χ3n) is 10.4. The lowest BCUT2D eigenvalue weighted by Crippen LogP contribution is -2.62. The summed E-state index contributed by atoms with van der Waals surface area (Å²) in [7, 11) is 0. The van der Waals surface area contributed by atoms with E-state index in [2.05, 4.69) is 19.0 Å².